The molecule has 0 unspecified atom stereocenters. The molecule has 270 valence electrons. The van der Waals surface area contributed by atoms with E-state index >= 15 is 0 Å². The van der Waals surface area contributed by atoms with Crippen molar-refractivity contribution in [1.82, 2.24) is 4.98 Å². The third-order valence-electron chi connectivity index (χ3n) is 9.21. The maximum atomic E-state index is 6.82. The van der Waals surface area contributed by atoms with Gasteiger partial charge in [-0.1, -0.05) is 122 Å². The first-order chi connectivity index (χ1) is 25.3. The number of aromatic amines is 1. The second kappa shape index (κ2) is 20.2. The highest BCUT2D eigenvalue weighted by atomic mass is 16.7. The monoisotopic (exact) mass is 692 g/mol. The molecule has 8 nitrogen and oxygen atoms in total. The van der Waals surface area contributed by atoms with Crippen LogP contribution in [0.25, 0.3) is 10.9 Å². The highest BCUT2D eigenvalue weighted by Gasteiger charge is 2.49. The van der Waals surface area contributed by atoms with Crippen molar-refractivity contribution in [2.24, 2.45) is 5.73 Å². The minimum absolute atomic E-state index is 0.342. The number of nitrogens with two attached hydrogens (primary N) is 1. The van der Waals surface area contributed by atoms with Crippen molar-refractivity contribution < 1.29 is 28.4 Å². The molecule has 1 fully saturated rings. The molecule has 1 saturated heterocycles. The van der Waals surface area contributed by atoms with Crippen molar-refractivity contribution in [3.8, 4) is 0 Å². The Morgan fingerprint density at radius 3 is 1.76 bits per heavy atom. The number of unbranched alkanes of at least 4 members (excludes halogenated alkanes) is 3. The van der Waals surface area contributed by atoms with Gasteiger partial charge in [0.25, 0.3) is 0 Å². The van der Waals surface area contributed by atoms with Gasteiger partial charge in [0.05, 0.1) is 33.0 Å². The smallest absolute Gasteiger partial charge is 0.186 e. The van der Waals surface area contributed by atoms with Crippen LogP contribution in [0, 0.1) is 0 Å². The molecule has 0 radical (unpaired) electrons. The van der Waals surface area contributed by atoms with E-state index in [1.54, 1.807) is 0 Å². The van der Waals surface area contributed by atoms with Gasteiger partial charge < -0.3 is 39.1 Å². The number of H-pyrrole nitrogens is 1. The Morgan fingerprint density at radius 2 is 1.14 bits per heavy atom. The zero-order chi connectivity index (χ0) is 34.9. The lowest BCUT2D eigenvalue weighted by Gasteiger charge is -2.46. The Morgan fingerprint density at radius 1 is 0.569 bits per heavy atom. The Bertz CT molecular complexity index is 1630. The number of aromatic nitrogens is 1. The van der Waals surface area contributed by atoms with E-state index in [1.165, 1.54) is 5.39 Å². The average Bonchev–Trinajstić information content (AvgIpc) is 3.60. The summed E-state index contributed by atoms with van der Waals surface area (Å²) < 4.78 is 40.0. The van der Waals surface area contributed by atoms with Crippen LogP contribution in [0.2, 0.25) is 0 Å². The van der Waals surface area contributed by atoms with Crippen LogP contribution >= 0.6 is 0 Å². The van der Waals surface area contributed by atoms with Gasteiger partial charge in [-0.15, -0.1) is 0 Å². The van der Waals surface area contributed by atoms with E-state index in [-0.39, 0.29) is 0 Å². The van der Waals surface area contributed by atoms with Crippen molar-refractivity contribution in [2.75, 3.05) is 26.4 Å². The molecule has 0 bridgehead atoms. The quantitative estimate of drug-likeness (QED) is 0.0760. The van der Waals surface area contributed by atoms with E-state index in [1.807, 2.05) is 60.7 Å². The van der Waals surface area contributed by atoms with E-state index in [9.17, 15) is 0 Å². The molecule has 0 spiro atoms. The molecule has 3 N–H and O–H groups in total. The van der Waals surface area contributed by atoms with Gasteiger partial charge in [-0.3, -0.25) is 0 Å². The van der Waals surface area contributed by atoms with Gasteiger partial charge in [0.1, 0.15) is 24.4 Å². The normalized spacial score (nSPS) is 20.5. The van der Waals surface area contributed by atoms with Crippen LogP contribution in [0.15, 0.2) is 121 Å². The molecule has 5 atom stereocenters. The summed E-state index contributed by atoms with van der Waals surface area (Å²) in [5, 5.41) is 1.18. The van der Waals surface area contributed by atoms with Gasteiger partial charge in [-0.25, -0.2) is 0 Å². The lowest BCUT2D eigenvalue weighted by molar-refractivity contribution is -0.328. The molecule has 6 rings (SSSR count). The Labute approximate surface area is 302 Å². The molecule has 51 heavy (non-hydrogen) atoms. The van der Waals surface area contributed by atoms with Gasteiger partial charge in [0, 0.05) is 24.2 Å². The molecule has 1 aliphatic heterocycles. The zero-order valence-corrected chi connectivity index (χ0v) is 29.4. The van der Waals surface area contributed by atoms with Gasteiger partial charge in [0.2, 0.25) is 0 Å². The fourth-order valence-electron chi connectivity index (χ4n) is 6.47. The minimum Gasteiger partial charge on any atom is -0.379 e. The zero-order valence-electron chi connectivity index (χ0n) is 29.4. The summed E-state index contributed by atoms with van der Waals surface area (Å²) in [5.74, 6) is 0. The number of hydrogen-bond acceptors (Lipinski definition) is 7. The molecular weight excluding hydrogens is 640 g/mol. The number of rotatable bonds is 21. The number of nitrogens with one attached hydrogen (secondary N) is 1. The topological polar surface area (TPSA) is 97.2 Å². The SMILES string of the molecule is NCCCCCCOC[C@@H]1O[C@@H](OCCc2cc3ccccc3[nH]2)[C@@H](OCc2ccccc2)[C@@H](OCc2ccccc2)[C@@H]1OCc1ccccc1. The minimum atomic E-state index is -0.714. The number of para-hydroxylation sites is 1. The van der Waals surface area contributed by atoms with Crippen molar-refractivity contribution in [3.05, 3.63) is 144 Å². The van der Waals surface area contributed by atoms with E-state index < -0.39 is 30.7 Å². The third-order valence-corrected chi connectivity index (χ3v) is 9.21. The molecule has 1 aliphatic rings. The highest BCUT2D eigenvalue weighted by molar-refractivity contribution is 5.80. The second-order valence-corrected chi connectivity index (χ2v) is 13.1. The second-order valence-electron chi connectivity index (χ2n) is 13.1. The molecule has 0 saturated carbocycles. The lowest BCUT2D eigenvalue weighted by Crippen LogP contribution is -2.61. The first kappa shape index (κ1) is 36.9. The van der Waals surface area contributed by atoms with E-state index in [0.717, 1.165) is 60.1 Å². The lowest BCUT2D eigenvalue weighted by atomic mass is 9.97. The Balaban J connectivity index is 1.24. The molecular formula is C43H52N2O6. The molecule has 0 aliphatic carbocycles. The largest absolute Gasteiger partial charge is 0.379 e. The van der Waals surface area contributed by atoms with E-state index in [4.69, 9.17) is 34.2 Å². The molecule has 4 aromatic carbocycles. The Kier molecular flexibility index (Phi) is 14.7. The fraction of sp³-hybridized carbons (Fsp3) is 0.395. The third kappa shape index (κ3) is 11.3. The number of ether oxygens (including phenoxy) is 6. The van der Waals surface area contributed by atoms with Crippen molar-refractivity contribution in [3.63, 3.8) is 0 Å². The van der Waals surface area contributed by atoms with Crippen molar-refractivity contribution in [2.45, 2.75) is 82.6 Å². The van der Waals surface area contributed by atoms with Gasteiger partial charge in [-0.2, -0.15) is 0 Å². The molecule has 8 heteroatoms. The van der Waals surface area contributed by atoms with E-state index in [2.05, 4.69) is 65.6 Å². The van der Waals surface area contributed by atoms with Crippen LogP contribution in [-0.2, 0) is 54.7 Å². The number of benzene rings is 4. The summed E-state index contributed by atoms with van der Waals surface area (Å²) in [4.78, 5) is 3.52. The summed E-state index contributed by atoms with van der Waals surface area (Å²) >= 11 is 0. The van der Waals surface area contributed by atoms with Crippen molar-refractivity contribution >= 4 is 10.9 Å². The van der Waals surface area contributed by atoms with E-state index in [0.29, 0.717) is 46.1 Å². The summed E-state index contributed by atoms with van der Waals surface area (Å²) in [5.41, 5.74) is 11.1. The van der Waals surface area contributed by atoms with Gasteiger partial charge in [-0.05, 0) is 53.6 Å². The number of hydrogen-bond donors (Lipinski definition) is 2. The highest BCUT2D eigenvalue weighted by Crippen LogP contribution is 2.32. The molecule has 1 aromatic heterocycles. The maximum absolute atomic E-state index is 6.82. The maximum Gasteiger partial charge on any atom is 0.186 e. The average molecular weight is 693 g/mol. The first-order valence-corrected chi connectivity index (χ1v) is 18.3. The van der Waals surface area contributed by atoms with Gasteiger partial charge in [0.15, 0.2) is 6.29 Å². The summed E-state index contributed by atoms with van der Waals surface area (Å²) in [6.45, 7) is 3.28. The summed E-state index contributed by atoms with van der Waals surface area (Å²) in [6.07, 6.45) is 2.12. The predicted molar refractivity (Wildman–Crippen MR) is 200 cm³/mol. The standard InChI is InChI=1S/C43H52N2O6/c44-25-14-1-2-15-26-46-32-39-40(48-29-33-16-6-3-7-17-33)41(49-30-34-18-8-4-9-19-34)42(50-31-35-20-10-5-11-21-35)43(51-39)47-27-24-37-28-36-22-12-13-23-38(36)45-37/h3-13,16-23,28,39-43,45H,1-2,14-15,24-27,29-32,44H2/t39-,40+,41-,42-,43+/m0/s1. The fourth-order valence-corrected chi connectivity index (χ4v) is 6.47. The van der Waals surface area contributed by atoms with Crippen molar-refractivity contribution in [1.29, 1.82) is 0 Å². The molecule has 5 aromatic rings. The first-order valence-electron chi connectivity index (χ1n) is 18.3. The number of fused-ring (bicyclic) bond motifs is 1. The Hall–Kier alpha value is -3.86. The molecule has 0 amide bonds. The predicted octanol–water partition coefficient (Wildman–Crippen LogP) is 7.74. The van der Waals surface area contributed by atoms with Crippen LogP contribution in [-0.4, -0.2) is 62.1 Å². The van der Waals surface area contributed by atoms with Crippen LogP contribution in [0.3, 0.4) is 0 Å². The summed E-state index contributed by atoms with van der Waals surface area (Å²) in [6, 6.07) is 41.0. The molecule has 2 heterocycles. The van der Waals surface area contributed by atoms with Crippen LogP contribution in [0.1, 0.15) is 48.1 Å². The van der Waals surface area contributed by atoms with Crippen LogP contribution < -0.4 is 5.73 Å². The van der Waals surface area contributed by atoms with Gasteiger partial charge >= 0.3 is 0 Å². The summed E-state index contributed by atoms with van der Waals surface area (Å²) in [7, 11) is 0. The van der Waals surface area contributed by atoms with Crippen LogP contribution in [0.5, 0.6) is 0 Å². The van der Waals surface area contributed by atoms with Crippen LogP contribution in [0.4, 0.5) is 0 Å².